The predicted octanol–water partition coefficient (Wildman–Crippen LogP) is 3.74. The number of hydrogen-bond acceptors (Lipinski definition) is 7. The minimum atomic E-state index is 0.132. The molecule has 0 saturated carbocycles. The minimum Gasteiger partial charge on any atom is -0.497 e. The van der Waals surface area contributed by atoms with Gasteiger partial charge in [0.05, 0.1) is 23.4 Å². The number of amides is 1. The molecule has 8 heteroatoms. The third-order valence-electron chi connectivity index (χ3n) is 5.88. The summed E-state index contributed by atoms with van der Waals surface area (Å²) in [5, 5.41) is 1.08. The molecule has 0 N–H and O–H groups in total. The first-order valence-electron chi connectivity index (χ1n) is 10.9. The molecule has 1 amide bonds. The van der Waals surface area contributed by atoms with Crippen LogP contribution in [0.1, 0.15) is 21.1 Å². The SMILES string of the molecule is COc1ccnc(-c2ccnc(Cc3ccc4sc(C(=O)N5CCN(C)CC5)cc4c3)n2)c1. The summed E-state index contributed by atoms with van der Waals surface area (Å²) < 4.78 is 6.41. The van der Waals surface area contributed by atoms with Crippen LogP contribution in [0.25, 0.3) is 21.5 Å². The summed E-state index contributed by atoms with van der Waals surface area (Å²) in [5.41, 5.74) is 2.61. The second-order valence-electron chi connectivity index (χ2n) is 8.19. The van der Waals surface area contributed by atoms with E-state index in [-0.39, 0.29) is 5.91 Å². The number of carbonyl (C=O) groups excluding carboxylic acids is 1. The average Bonchev–Trinajstić information content (AvgIpc) is 3.28. The summed E-state index contributed by atoms with van der Waals surface area (Å²) in [6.07, 6.45) is 4.07. The minimum absolute atomic E-state index is 0.132. The van der Waals surface area contributed by atoms with Crippen molar-refractivity contribution in [2.24, 2.45) is 0 Å². The van der Waals surface area contributed by atoms with Gasteiger partial charge in [-0.05, 0) is 48.3 Å². The molecule has 1 aromatic carbocycles. The molecule has 1 aliphatic rings. The molecule has 0 atom stereocenters. The molecular formula is C25H25N5O2S. The number of nitrogens with zero attached hydrogens (tertiary/aromatic N) is 5. The van der Waals surface area contributed by atoms with Crippen LogP contribution in [-0.2, 0) is 6.42 Å². The summed E-state index contributed by atoms with van der Waals surface area (Å²) in [4.78, 5) is 31.5. The van der Waals surface area contributed by atoms with Crippen molar-refractivity contribution in [1.29, 1.82) is 0 Å². The molecule has 1 aliphatic heterocycles. The van der Waals surface area contributed by atoms with Crippen molar-refractivity contribution in [2.75, 3.05) is 40.3 Å². The monoisotopic (exact) mass is 459 g/mol. The number of piperazine rings is 1. The zero-order valence-corrected chi connectivity index (χ0v) is 19.5. The van der Waals surface area contributed by atoms with Crippen molar-refractivity contribution in [3.05, 3.63) is 71.1 Å². The average molecular weight is 460 g/mol. The molecule has 0 aliphatic carbocycles. The smallest absolute Gasteiger partial charge is 0.264 e. The van der Waals surface area contributed by atoms with E-state index in [1.165, 1.54) is 0 Å². The topological polar surface area (TPSA) is 71.5 Å². The van der Waals surface area contributed by atoms with E-state index in [2.05, 4.69) is 40.1 Å². The second kappa shape index (κ2) is 9.25. The van der Waals surface area contributed by atoms with Crippen LogP contribution in [0, 0.1) is 0 Å². The Bertz CT molecular complexity index is 1300. The number of thiophene rings is 1. The molecule has 7 nitrogen and oxygen atoms in total. The molecule has 0 unspecified atom stereocenters. The molecule has 5 rings (SSSR count). The lowest BCUT2D eigenvalue weighted by atomic mass is 10.1. The van der Waals surface area contributed by atoms with Gasteiger partial charge in [0.15, 0.2) is 0 Å². The van der Waals surface area contributed by atoms with Crippen molar-refractivity contribution >= 4 is 27.3 Å². The summed E-state index contributed by atoms with van der Waals surface area (Å²) in [6.45, 7) is 3.41. The Morgan fingerprint density at radius 3 is 2.64 bits per heavy atom. The van der Waals surface area contributed by atoms with Gasteiger partial charge in [-0.3, -0.25) is 9.78 Å². The second-order valence-corrected chi connectivity index (χ2v) is 9.28. The molecule has 33 heavy (non-hydrogen) atoms. The van der Waals surface area contributed by atoms with Crippen LogP contribution < -0.4 is 4.74 Å². The summed E-state index contributed by atoms with van der Waals surface area (Å²) in [5.74, 6) is 1.60. The third kappa shape index (κ3) is 4.72. The highest BCUT2D eigenvalue weighted by Crippen LogP contribution is 2.28. The Morgan fingerprint density at radius 2 is 1.82 bits per heavy atom. The summed E-state index contributed by atoms with van der Waals surface area (Å²) in [7, 11) is 3.73. The first-order valence-corrected chi connectivity index (χ1v) is 11.7. The van der Waals surface area contributed by atoms with E-state index in [0.717, 1.165) is 69.7 Å². The Kier molecular flexibility index (Phi) is 6.02. The Morgan fingerprint density at radius 1 is 1.00 bits per heavy atom. The summed E-state index contributed by atoms with van der Waals surface area (Å²) >= 11 is 1.56. The number of benzene rings is 1. The first-order chi connectivity index (χ1) is 16.1. The number of pyridine rings is 1. The maximum absolute atomic E-state index is 13.0. The number of aromatic nitrogens is 3. The highest BCUT2D eigenvalue weighted by molar-refractivity contribution is 7.20. The quantitative estimate of drug-likeness (QED) is 0.453. The first kappa shape index (κ1) is 21.5. The lowest BCUT2D eigenvalue weighted by molar-refractivity contribution is 0.0669. The molecule has 1 fully saturated rings. The van der Waals surface area contributed by atoms with E-state index < -0.39 is 0 Å². The van der Waals surface area contributed by atoms with E-state index in [0.29, 0.717) is 6.42 Å². The van der Waals surface area contributed by atoms with E-state index in [4.69, 9.17) is 9.72 Å². The van der Waals surface area contributed by atoms with Crippen LogP contribution >= 0.6 is 11.3 Å². The molecule has 1 saturated heterocycles. The molecule has 0 bridgehead atoms. The van der Waals surface area contributed by atoms with Gasteiger partial charge in [-0.25, -0.2) is 9.97 Å². The van der Waals surface area contributed by atoms with Crippen molar-refractivity contribution in [3.63, 3.8) is 0 Å². The van der Waals surface area contributed by atoms with Crippen LogP contribution in [-0.4, -0.2) is 71.0 Å². The largest absolute Gasteiger partial charge is 0.497 e. The summed E-state index contributed by atoms with van der Waals surface area (Å²) in [6, 6.07) is 13.8. The Balaban J connectivity index is 1.35. The van der Waals surface area contributed by atoms with Gasteiger partial charge < -0.3 is 14.5 Å². The third-order valence-corrected chi connectivity index (χ3v) is 6.98. The van der Waals surface area contributed by atoms with E-state index in [1.54, 1.807) is 30.8 Å². The molecule has 4 aromatic rings. The van der Waals surface area contributed by atoms with Crippen molar-refractivity contribution in [2.45, 2.75) is 6.42 Å². The number of ether oxygens (including phenoxy) is 1. The zero-order chi connectivity index (χ0) is 22.8. The predicted molar refractivity (Wildman–Crippen MR) is 130 cm³/mol. The highest BCUT2D eigenvalue weighted by Gasteiger charge is 2.22. The lowest BCUT2D eigenvalue weighted by Gasteiger charge is -2.32. The van der Waals surface area contributed by atoms with Gasteiger partial charge in [0.1, 0.15) is 11.6 Å². The number of rotatable bonds is 5. The van der Waals surface area contributed by atoms with Crippen LogP contribution in [0.3, 0.4) is 0 Å². The van der Waals surface area contributed by atoms with Gasteiger partial charge in [0.25, 0.3) is 5.91 Å². The molecule has 0 radical (unpaired) electrons. The van der Waals surface area contributed by atoms with Gasteiger partial charge in [-0.1, -0.05) is 6.07 Å². The maximum Gasteiger partial charge on any atom is 0.264 e. The molecule has 3 aromatic heterocycles. The van der Waals surface area contributed by atoms with Crippen LogP contribution in [0.5, 0.6) is 5.75 Å². The number of fused-ring (bicyclic) bond motifs is 1. The number of methoxy groups -OCH3 is 1. The van der Waals surface area contributed by atoms with Gasteiger partial charge in [0.2, 0.25) is 0 Å². The maximum atomic E-state index is 13.0. The van der Waals surface area contributed by atoms with E-state index in [1.807, 2.05) is 29.2 Å². The van der Waals surface area contributed by atoms with Crippen molar-refractivity contribution in [1.82, 2.24) is 24.8 Å². The molecule has 0 spiro atoms. The molecule has 4 heterocycles. The zero-order valence-electron chi connectivity index (χ0n) is 18.7. The highest BCUT2D eigenvalue weighted by atomic mass is 32.1. The van der Waals surface area contributed by atoms with Crippen LogP contribution in [0.2, 0.25) is 0 Å². The lowest BCUT2D eigenvalue weighted by Crippen LogP contribution is -2.46. The fourth-order valence-electron chi connectivity index (χ4n) is 3.96. The standard InChI is InChI=1S/C25H25N5O2S/c1-29-9-11-30(12-10-29)25(31)23-15-18-13-17(3-4-22(18)33-23)14-24-27-8-6-20(28-24)21-16-19(32-2)5-7-26-21/h3-8,13,15-16H,9-12,14H2,1-2H3. The van der Waals surface area contributed by atoms with Gasteiger partial charge in [-0.15, -0.1) is 11.3 Å². The van der Waals surface area contributed by atoms with Crippen LogP contribution in [0.4, 0.5) is 0 Å². The van der Waals surface area contributed by atoms with Gasteiger partial charge in [-0.2, -0.15) is 0 Å². The van der Waals surface area contributed by atoms with E-state index in [9.17, 15) is 4.79 Å². The number of likely N-dealkylation sites (N-methyl/N-ethyl adjacent to an activating group) is 1. The van der Waals surface area contributed by atoms with Gasteiger partial charge in [0, 0.05) is 55.8 Å². The van der Waals surface area contributed by atoms with Gasteiger partial charge >= 0.3 is 0 Å². The van der Waals surface area contributed by atoms with Crippen molar-refractivity contribution < 1.29 is 9.53 Å². The van der Waals surface area contributed by atoms with Crippen molar-refractivity contribution in [3.8, 4) is 17.1 Å². The normalized spacial score (nSPS) is 14.5. The fraction of sp³-hybridized carbons (Fsp3) is 0.280. The van der Waals surface area contributed by atoms with E-state index >= 15 is 0 Å². The Hall–Kier alpha value is -3.36. The number of hydrogen-bond donors (Lipinski definition) is 0. The Labute approximate surface area is 196 Å². The molecular weight excluding hydrogens is 434 g/mol. The number of carbonyl (C=O) groups is 1. The van der Waals surface area contributed by atoms with Crippen LogP contribution in [0.15, 0.2) is 54.9 Å². The molecule has 168 valence electrons. The fourth-order valence-corrected chi connectivity index (χ4v) is 4.97.